The number of hydrogen-bond acceptors (Lipinski definition) is 4. The SMILES string of the molecule is C=C(C)C(NCCN(CC)CC)C(=O)OCC. The van der Waals surface area contributed by atoms with Crippen LogP contribution in [-0.2, 0) is 9.53 Å². The molecular formula is C13H26N2O2. The molecule has 0 aromatic heterocycles. The molecule has 0 rings (SSSR count). The van der Waals surface area contributed by atoms with Crippen LogP contribution in [0.3, 0.4) is 0 Å². The quantitative estimate of drug-likeness (QED) is 0.490. The molecular weight excluding hydrogens is 216 g/mol. The molecule has 17 heavy (non-hydrogen) atoms. The maximum absolute atomic E-state index is 11.6. The summed E-state index contributed by atoms with van der Waals surface area (Å²) >= 11 is 0. The molecule has 0 saturated carbocycles. The van der Waals surface area contributed by atoms with E-state index in [9.17, 15) is 4.79 Å². The van der Waals surface area contributed by atoms with Crippen LogP contribution in [0.15, 0.2) is 12.2 Å². The zero-order chi connectivity index (χ0) is 13.3. The Morgan fingerprint density at radius 1 is 1.35 bits per heavy atom. The molecule has 1 atom stereocenters. The van der Waals surface area contributed by atoms with Crippen LogP contribution in [0.1, 0.15) is 27.7 Å². The molecule has 100 valence electrons. The first-order valence-corrected chi connectivity index (χ1v) is 6.34. The fourth-order valence-electron chi connectivity index (χ4n) is 1.59. The fourth-order valence-corrected chi connectivity index (χ4v) is 1.59. The van der Waals surface area contributed by atoms with Crippen molar-refractivity contribution in [2.45, 2.75) is 33.7 Å². The molecule has 4 nitrogen and oxygen atoms in total. The van der Waals surface area contributed by atoms with Crippen molar-refractivity contribution in [1.29, 1.82) is 0 Å². The first-order valence-electron chi connectivity index (χ1n) is 6.34. The Hall–Kier alpha value is -0.870. The molecule has 1 unspecified atom stereocenters. The Balaban J connectivity index is 4.10. The van der Waals surface area contributed by atoms with Gasteiger partial charge in [-0.3, -0.25) is 5.32 Å². The predicted octanol–water partition coefficient (Wildman–Crippen LogP) is 1.43. The summed E-state index contributed by atoms with van der Waals surface area (Å²) in [6.07, 6.45) is 0. The summed E-state index contributed by atoms with van der Waals surface area (Å²) in [5, 5.41) is 3.19. The Bertz CT molecular complexity index is 238. The van der Waals surface area contributed by atoms with Crippen LogP contribution in [0.25, 0.3) is 0 Å². The number of likely N-dealkylation sites (N-methyl/N-ethyl adjacent to an activating group) is 1. The lowest BCUT2D eigenvalue weighted by molar-refractivity contribution is -0.144. The first kappa shape index (κ1) is 16.1. The molecule has 0 fully saturated rings. The molecule has 0 aliphatic heterocycles. The average molecular weight is 242 g/mol. The van der Waals surface area contributed by atoms with Gasteiger partial charge in [0.1, 0.15) is 6.04 Å². The number of rotatable bonds is 9. The molecule has 0 heterocycles. The molecule has 1 N–H and O–H groups in total. The van der Waals surface area contributed by atoms with Gasteiger partial charge in [-0.25, -0.2) is 4.79 Å². The Morgan fingerprint density at radius 3 is 2.35 bits per heavy atom. The maximum Gasteiger partial charge on any atom is 0.327 e. The van der Waals surface area contributed by atoms with E-state index in [1.54, 1.807) is 0 Å². The van der Waals surface area contributed by atoms with E-state index in [1.807, 2.05) is 13.8 Å². The summed E-state index contributed by atoms with van der Waals surface area (Å²) in [6, 6.07) is -0.384. The van der Waals surface area contributed by atoms with Crippen molar-refractivity contribution in [3.63, 3.8) is 0 Å². The molecule has 0 bridgehead atoms. The summed E-state index contributed by atoms with van der Waals surface area (Å²) < 4.78 is 5.00. The molecule has 0 aromatic rings. The second kappa shape index (κ2) is 9.19. The van der Waals surface area contributed by atoms with E-state index in [4.69, 9.17) is 4.74 Å². The number of carbonyl (C=O) groups excluding carboxylic acids is 1. The van der Waals surface area contributed by atoms with Gasteiger partial charge in [0.05, 0.1) is 6.61 Å². The van der Waals surface area contributed by atoms with Gasteiger partial charge in [-0.15, -0.1) is 0 Å². The Kier molecular flexibility index (Phi) is 8.72. The second-order valence-electron chi connectivity index (χ2n) is 4.01. The highest BCUT2D eigenvalue weighted by Crippen LogP contribution is 2.01. The van der Waals surface area contributed by atoms with E-state index in [2.05, 4.69) is 30.6 Å². The van der Waals surface area contributed by atoms with E-state index in [1.165, 1.54) is 0 Å². The minimum absolute atomic E-state index is 0.237. The summed E-state index contributed by atoms with van der Waals surface area (Å²) in [5.74, 6) is -0.237. The van der Waals surface area contributed by atoms with Crippen molar-refractivity contribution in [2.24, 2.45) is 0 Å². The van der Waals surface area contributed by atoms with E-state index in [0.717, 1.165) is 31.8 Å². The molecule has 0 radical (unpaired) electrons. The lowest BCUT2D eigenvalue weighted by atomic mass is 10.1. The standard InChI is InChI=1S/C13H26N2O2/c1-6-15(7-2)10-9-14-12(11(4)5)13(16)17-8-3/h12,14H,4,6-10H2,1-3,5H3. The third-order valence-corrected chi connectivity index (χ3v) is 2.69. The van der Waals surface area contributed by atoms with Crippen LogP contribution < -0.4 is 5.32 Å². The summed E-state index contributed by atoms with van der Waals surface area (Å²) in [6.45, 7) is 15.9. The van der Waals surface area contributed by atoms with Crippen LogP contribution in [0, 0.1) is 0 Å². The van der Waals surface area contributed by atoms with Gasteiger partial charge in [0, 0.05) is 13.1 Å². The summed E-state index contributed by atoms with van der Waals surface area (Å²) in [4.78, 5) is 13.9. The smallest absolute Gasteiger partial charge is 0.327 e. The molecule has 0 spiro atoms. The number of nitrogens with zero attached hydrogens (tertiary/aromatic N) is 1. The minimum atomic E-state index is -0.384. The lowest BCUT2D eigenvalue weighted by Gasteiger charge is -2.21. The summed E-state index contributed by atoms with van der Waals surface area (Å²) in [7, 11) is 0. The monoisotopic (exact) mass is 242 g/mol. The highest BCUT2D eigenvalue weighted by molar-refractivity contribution is 5.79. The van der Waals surface area contributed by atoms with Crippen molar-refractivity contribution in [2.75, 3.05) is 32.8 Å². The van der Waals surface area contributed by atoms with Gasteiger partial charge in [0.2, 0.25) is 0 Å². The van der Waals surface area contributed by atoms with Gasteiger partial charge in [0.15, 0.2) is 0 Å². The van der Waals surface area contributed by atoms with Crippen molar-refractivity contribution in [1.82, 2.24) is 10.2 Å². The van der Waals surface area contributed by atoms with Crippen molar-refractivity contribution in [3.05, 3.63) is 12.2 Å². The predicted molar refractivity (Wildman–Crippen MR) is 71.0 cm³/mol. The van der Waals surface area contributed by atoms with Crippen LogP contribution in [0.2, 0.25) is 0 Å². The number of carbonyl (C=O) groups is 1. The largest absolute Gasteiger partial charge is 0.465 e. The van der Waals surface area contributed by atoms with Gasteiger partial charge < -0.3 is 9.64 Å². The molecule has 0 aliphatic rings. The van der Waals surface area contributed by atoms with Crippen LogP contribution in [-0.4, -0.2) is 49.7 Å². The van der Waals surface area contributed by atoms with Gasteiger partial charge in [0.25, 0.3) is 0 Å². The van der Waals surface area contributed by atoms with E-state index in [-0.39, 0.29) is 12.0 Å². The highest BCUT2D eigenvalue weighted by Gasteiger charge is 2.19. The fraction of sp³-hybridized carbons (Fsp3) is 0.769. The zero-order valence-corrected chi connectivity index (χ0v) is 11.6. The van der Waals surface area contributed by atoms with E-state index < -0.39 is 0 Å². The Labute approximate surface area is 105 Å². The number of esters is 1. The Morgan fingerprint density at radius 2 is 1.94 bits per heavy atom. The van der Waals surface area contributed by atoms with Crippen molar-refractivity contribution >= 4 is 5.97 Å². The molecule has 4 heteroatoms. The molecule has 0 amide bonds. The third kappa shape index (κ3) is 6.44. The zero-order valence-electron chi connectivity index (χ0n) is 11.6. The normalized spacial score (nSPS) is 12.5. The van der Waals surface area contributed by atoms with Crippen LogP contribution in [0.4, 0.5) is 0 Å². The third-order valence-electron chi connectivity index (χ3n) is 2.69. The van der Waals surface area contributed by atoms with Crippen molar-refractivity contribution < 1.29 is 9.53 Å². The molecule has 0 aliphatic carbocycles. The lowest BCUT2D eigenvalue weighted by Crippen LogP contribution is -2.42. The minimum Gasteiger partial charge on any atom is -0.465 e. The van der Waals surface area contributed by atoms with Gasteiger partial charge >= 0.3 is 5.97 Å². The first-order chi connectivity index (χ1) is 8.06. The maximum atomic E-state index is 11.6. The topological polar surface area (TPSA) is 41.6 Å². The molecule has 0 saturated heterocycles. The van der Waals surface area contributed by atoms with E-state index in [0.29, 0.717) is 6.61 Å². The van der Waals surface area contributed by atoms with Gasteiger partial charge in [-0.05, 0) is 26.9 Å². The number of nitrogens with one attached hydrogen (secondary N) is 1. The second-order valence-corrected chi connectivity index (χ2v) is 4.01. The molecule has 0 aromatic carbocycles. The van der Waals surface area contributed by atoms with Crippen molar-refractivity contribution in [3.8, 4) is 0 Å². The highest BCUT2D eigenvalue weighted by atomic mass is 16.5. The van der Waals surface area contributed by atoms with Gasteiger partial charge in [-0.2, -0.15) is 0 Å². The van der Waals surface area contributed by atoms with Crippen LogP contribution >= 0.6 is 0 Å². The average Bonchev–Trinajstić information content (AvgIpc) is 2.29. The summed E-state index contributed by atoms with van der Waals surface area (Å²) in [5.41, 5.74) is 0.794. The van der Waals surface area contributed by atoms with Gasteiger partial charge in [-0.1, -0.05) is 26.0 Å². The number of hydrogen-bond donors (Lipinski definition) is 1. The number of ether oxygens (including phenoxy) is 1. The van der Waals surface area contributed by atoms with Crippen LogP contribution in [0.5, 0.6) is 0 Å². The van der Waals surface area contributed by atoms with E-state index >= 15 is 0 Å².